The molecule has 3 nitrogen and oxygen atoms in total. The van der Waals surface area contributed by atoms with Gasteiger partial charge in [0.2, 0.25) is 0 Å². The lowest BCUT2D eigenvalue weighted by molar-refractivity contribution is -0.128. The number of carbonyl (C=O) groups excluding carboxylic acids is 1. The summed E-state index contributed by atoms with van der Waals surface area (Å²) in [5.74, 6) is 0.598. The molecule has 0 saturated heterocycles. The summed E-state index contributed by atoms with van der Waals surface area (Å²) < 4.78 is 5.87. The van der Waals surface area contributed by atoms with Crippen LogP contribution < -0.4 is 10.1 Å². The van der Waals surface area contributed by atoms with Crippen molar-refractivity contribution in [3.63, 3.8) is 0 Å². The van der Waals surface area contributed by atoms with Gasteiger partial charge in [0.1, 0.15) is 5.75 Å². The quantitative estimate of drug-likeness (QED) is 0.667. The SMILES string of the molecule is CC[C@H](NC(=O)[C@H](C)Oc1ccc2ccccc2c1)c1ccc(C)cc1. The summed E-state index contributed by atoms with van der Waals surface area (Å²) in [5, 5.41) is 5.35. The number of rotatable bonds is 6. The van der Waals surface area contributed by atoms with Crippen LogP contribution in [0.25, 0.3) is 10.8 Å². The largest absolute Gasteiger partial charge is 0.481 e. The van der Waals surface area contributed by atoms with Gasteiger partial charge in [-0.2, -0.15) is 0 Å². The highest BCUT2D eigenvalue weighted by Crippen LogP contribution is 2.22. The van der Waals surface area contributed by atoms with Crippen molar-refractivity contribution in [1.29, 1.82) is 0 Å². The number of benzene rings is 3. The minimum atomic E-state index is -0.560. The standard InChI is InChI=1S/C23H25NO2/c1-4-22(19-11-9-16(2)10-12-19)24-23(25)17(3)26-21-14-13-18-7-5-6-8-20(18)15-21/h5-15,17,22H,4H2,1-3H3,(H,24,25)/t17-,22-/m0/s1. The second-order valence-corrected chi connectivity index (χ2v) is 6.65. The normalized spacial score (nSPS) is 13.2. The number of ether oxygens (including phenoxy) is 1. The van der Waals surface area contributed by atoms with Crippen molar-refractivity contribution < 1.29 is 9.53 Å². The third-order valence-corrected chi connectivity index (χ3v) is 4.61. The van der Waals surface area contributed by atoms with Gasteiger partial charge >= 0.3 is 0 Å². The Morgan fingerprint density at radius 3 is 2.38 bits per heavy atom. The number of hydrogen-bond acceptors (Lipinski definition) is 2. The summed E-state index contributed by atoms with van der Waals surface area (Å²) in [4.78, 5) is 12.6. The zero-order valence-corrected chi connectivity index (χ0v) is 15.5. The van der Waals surface area contributed by atoms with E-state index in [0.717, 1.165) is 22.8 Å². The number of nitrogens with one attached hydrogen (secondary N) is 1. The molecule has 3 aromatic carbocycles. The van der Waals surface area contributed by atoms with Gasteiger partial charge in [-0.25, -0.2) is 0 Å². The molecule has 0 aromatic heterocycles. The highest BCUT2D eigenvalue weighted by atomic mass is 16.5. The van der Waals surface area contributed by atoms with Crippen LogP contribution >= 0.6 is 0 Å². The zero-order valence-electron chi connectivity index (χ0n) is 15.5. The van der Waals surface area contributed by atoms with Crippen molar-refractivity contribution in [3.05, 3.63) is 77.9 Å². The lowest BCUT2D eigenvalue weighted by Gasteiger charge is -2.21. The van der Waals surface area contributed by atoms with E-state index in [1.807, 2.05) is 36.4 Å². The van der Waals surface area contributed by atoms with Crippen LogP contribution in [0.2, 0.25) is 0 Å². The fourth-order valence-corrected chi connectivity index (χ4v) is 3.01. The lowest BCUT2D eigenvalue weighted by atomic mass is 10.0. The fourth-order valence-electron chi connectivity index (χ4n) is 3.01. The molecule has 26 heavy (non-hydrogen) atoms. The molecule has 0 aliphatic rings. The van der Waals surface area contributed by atoms with Gasteiger partial charge in [0.15, 0.2) is 6.10 Å². The van der Waals surface area contributed by atoms with Gasteiger partial charge in [-0.1, -0.05) is 67.1 Å². The molecule has 0 fully saturated rings. The lowest BCUT2D eigenvalue weighted by Crippen LogP contribution is -2.38. The van der Waals surface area contributed by atoms with Crippen LogP contribution in [-0.2, 0) is 4.79 Å². The van der Waals surface area contributed by atoms with E-state index in [4.69, 9.17) is 4.74 Å². The molecule has 0 aliphatic carbocycles. The van der Waals surface area contributed by atoms with Gasteiger partial charge in [0.25, 0.3) is 5.91 Å². The molecule has 0 aliphatic heterocycles. The predicted molar refractivity (Wildman–Crippen MR) is 106 cm³/mol. The first-order valence-corrected chi connectivity index (χ1v) is 9.09. The van der Waals surface area contributed by atoms with Crippen LogP contribution in [0.4, 0.5) is 0 Å². The maximum Gasteiger partial charge on any atom is 0.261 e. The summed E-state index contributed by atoms with van der Waals surface area (Å²) in [6.07, 6.45) is 0.271. The van der Waals surface area contributed by atoms with Crippen LogP contribution in [0.1, 0.15) is 37.4 Å². The van der Waals surface area contributed by atoms with Gasteiger partial charge in [-0.3, -0.25) is 4.79 Å². The Labute approximate surface area is 155 Å². The summed E-state index contributed by atoms with van der Waals surface area (Å²) in [7, 11) is 0. The molecule has 0 heterocycles. The molecule has 0 radical (unpaired) electrons. The van der Waals surface area contributed by atoms with E-state index in [9.17, 15) is 4.79 Å². The third kappa shape index (κ3) is 4.23. The van der Waals surface area contributed by atoms with Crippen LogP contribution in [0.15, 0.2) is 66.7 Å². The smallest absolute Gasteiger partial charge is 0.261 e. The van der Waals surface area contributed by atoms with E-state index in [0.29, 0.717) is 5.75 Å². The second kappa shape index (κ2) is 8.05. The Kier molecular flexibility index (Phi) is 5.57. The monoisotopic (exact) mass is 347 g/mol. The molecule has 134 valence electrons. The first kappa shape index (κ1) is 18.0. The highest BCUT2D eigenvalue weighted by molar-refractivity contribution is 5.84. The number of hydrogen-bond donors (Lipinski definition) is 1. The molecule has 2 atom stereocenters. The van der Waals surface area contributed by atoms with Crippen LogP contribution in [-0.4, -0.2) is 12.0 Å². The molecular formula is C23H25NO2. The number of carbonyl (C=O) groups is 1. The fraction of sp³-hybridized carbons (Fsp3) is 0.261. The maximum atomic E-state index is 12.6. The molecule has 1 amide bonds. The van der Waals surface area contributed by atoms with Crippen LogP contribution in [0.5, 0.6) is 5.75 Å². The zero-order chi connectivity index (χ0) is 18.5. The summed E-state index contributed by atoms with van der Waals surface area (Å²) in [5.41, 5.74) is 2.33. The number of amides is 1. The minimum Gasteiger partial charge on any atom is -0.481 e. The third-order valence-electron chi connectivity index (χ3n) is 4.61. The predicted octanol–water partition coefficient (Wildman–Crippen LogP) is 5.18. The average Bonchev–Trinajstić information content (AvgIpc) is 2.66. The van der Waals surface area contributed by atoms with Gasteiger partial charge in [-0.05, 0) is 48.7 Å². The van der Waals surface area contributed by atoms with Crippen molar-refractivity contribution in [3.8, 4) is 5.75 Å². The molecule has 3 rings (SSSR count). The average molecular weight is 347 g/mol. The van der Waals surface area contributed by atoms with Crippen LogP contribution in [0.3, 0.4) is 0 Å². The Balaban J connectivity index is 1.66. The Morgan fingerprint density at radius 2 is 1.69 bits per heavy atom. The minimum absolute atomic E-state index is 0.00856. The topological polar surface area (TPSA) is 38.3 Å². The van der Waals surface area contributed by atoms with Crippen molar-refractivity contribution in [2.75, 3.05) is 0 Å². The van der Waals surface area contributed by atoms with Crippen molar-refractivity contribution >= 4 is 16.7 Å². The van der Waals surface area contributed by atoms with Crippen molar-refractivity contribution in [1.82, 2.24) is 5.32 Å². The van der Waals surface area contributed by atoms with E-state index < -0.39 is 6.10 Å². The molecule has 0 spiro atoms. The van der Waals surface area contributed by atoms with Gasteiger partial charge < -0.3 is 10.1 Å². The van der Waals surface area contributed by atoms with Gasteiger partial charge in [0, 0.05) is 0 Å². The Hall–Kier alpha value is -2.81. The first-order chi connectivity index (χ1) is 12.6. The van der Waals surface area contributed by atoms with E-state index in [1.165, 1.54) is 5.56 Å². The first-order valence-electron chi connectivity index (χ1n) is 9.09. The molecule has 0 unspecified atom stereocenters. The Morgan fingerprint density at radius 1 is 1.00 bits per heavy atom. The van der Waals surface area contributed by atoms with Crippen LogP contribution in [0, 0.1) is 6.92 Å². The molecular weight excluding hydrogens is 322 g/mol. The summed E-state index contributed by atoms with van der Waals surface area (Å²) >= 11 is 0. The Bertz CT molecular complexity index is 886. The molecule has 0 bridgehead atoms. The van der Waals surface area contributed by atoms with Gasteiger partial charge in [0.05, 0.1) is 6.04 Å². The van der Waals surface area contributed by atoms with E-state index in [1.54, 1.807) is 6.92 Å². The summed E-state index contributed by atoms with van der Waals surface area (Å²) in [6.45, 7) is 5.91. The molecule has 3 aromatic rings. The maximum absolute atomic E-state index is 12.6. The number of fused-ring (bicyclic) bond motifs is 1. The van der Waals surface area contributed by atoms with Crippen molar-refractivity contribution in [2.24, 2.45) is 0 Å². The van der Waals surface area contributed by atoms with E-state index >= 15 is 0 Å². The van der Waals surface area contributed by atoms with Gasteiger partial charge in [-0.15, -0.1) is 0 Å². The van der Waals surface area contributed by atoms with Crippen molar-refractivity contribution in [2.45, 2.75) is 39.3 Å². The highest BCUT2D eigenvalue weighted by Gasteiger charge is 2.19. The molecule has 0 saturated carbocycles. The number of aryl methyl sites for hydroxylation is 1. The molecule has 1 N–H and O–H groups in total. The molecule has 3 heteroatoms. The summed E-state index contributed by atoms with van der Waals surface area (Å²) in [6, 6.07) is 22.3. The van der Waals surface area contributed by atoms with E-state index in [-0.39, 0.29) is 11.9 Å². The van der Waals surface area contributed by atoms with E-state index in [2.05, 4.69) is 49.5 Å². The second-order valence-electron chi connectivity index (χ2n) is 6.65.